The molecule has 19 heavy (non-hydrogen) atoms. The van der Waals surface area contributed by atoms with Crippen molar-refractivity contribution >= 4 is 11.6 Å². The fraction of sp³-hybridized carbons (Fsp3) is 0.500. The van der Waals surface area contributed by atoms with Crippen molar-refractivity contribution in [3.8, 4) is 0 Å². The second-order valence-electron chi connectivity index (χ2n) is 5.00. The van der Waals surface area contributed by atoms with Crippen LogP contribution < -0.4 is 16.6 Å². The Morgan fingerprint density at radius 1 is 1.37 bits per heavy atom. The molecular formula is C14H22N4O. The molecule has 5 heteroatoms. The van der Waals surface area contributed by atoms with Crippen molar-refractivity contribution in [1.29, 1.82) is 0 Å². The fourth-order valence-corrected chi connectivity index (χ4v) is 2.40. The zero-order valence-corrected chi connectivity index (χ0v) is 11.4. The molecule has 1 aliphatic heterocycles. The van der Waals surface area contributed by atoms with Gasteiger partial charge in [0.15, 0.2) is 0 Å². The second-order valence-corrected chi connectivity index (χ2v) is 5.00. The lowest BCUT2D eigenvalue weighted by Crippen LogP contribution is -2.34. The summed E-state index contributed by atoms with van der Waals surface area (Å²) in [4.78, 5) is 14.5. The smallest absolute Gasteiger partial charge is 0.253 e. The maximum atomic E-state index is 12.1. The van der Waals surface area contributed by atoms with Gasteiger partial charge in [-0.1, -0.05) is 6.07 Å². The molecular weight excluding hydrogens is 240 g/mol. The van der Waals surface area contributed by atoms with Crippen LogP contribution in [-0.4, -0.2) is 37.0 Å². The third-order valence-electron chi connectivity index (χ3n) is 3.49. The van der Waals surface area contributed by atoms with Crippen molar-refractivity contribution in [1.82, 2.24) is 10.2 Å². The number of hydrogen-bond donors (Lipinski definition) is 3. The molecule has 104 valence electrons. The molecule has 0 atom stereocenters. The summed E-state index contributed by atoms with van der Waals surface area (Å²) < 4.78 is 0. The zero-order valence-electron chi connectivity index (χ0n) is 11.4. The van der Waals surface area contributed by atoms with Crippen LogP contribution in [0.3, 0.4) is 0 Å². The number of amides is 1. The van der Waals surface area contributed by atoms with Crippen LogP contribution >= 0.6 is 0 Å². The number of hydrogen-bond acceptors (Lipinski definition) is 4. The number of nitrogens with zero attached hydrogens (tertiary/aromatic N) is 1. The van der Waals surface area contributed by atoms with Gasteiger partial charge in [0.25, 0.3) is 5.91 Å². The van der Waals surface area contributed by atoms with Gasteiger partial charge in [-0.2, -0.15) is 0 Å². The highest BCUT2D eigenvalue weighted by atomic mass is 16.1. The first-order valence-electron chi connectivity index (χ1n) is 6.78. The van der Waals surface area contributed by atoms with E-state index in [1.807, 2.05) is 19.1 Å². The maximum Gasteiger partial charge on any atom is 0.253 e. The van der Waals surface area contributed by atoms with Crippen LogP contribution in [0.1, 0.15) is 28.8 Å². The van der Waals surface area contributed by atoms with E-state index in [0.717, 1.165) is 25.2 Å². The normalized spacial score (nSPS) is 15.5. The Balaban J connectivity index is 1.88. The van der Waals surface area contributed by atoms with Crippen LogP contribution in [0.5, 0.6) is 0 Å². The number of hydrazine groups is 1. The van der Waals surface area contributed by atoms with Crippen molar-refractivity contribution in [2.45, 2.75) is 19.8 Å². The quantitative estimate of drug-likeness (QED) is 0.549. The van der Waals surface area contributed by atoms with Crippen LogP contribution in [0.15, 0.2) is 18.2 Å². The van der Waals surface area contributed by atoms with Crippen molar-refractivity contribution in [3.63, 3.8) is 0 Å². The van der Waals surface area contributed by atoms with E-state index < -0.39 is 0 Å². The van der Waals surface area contributed by atoms with E-state index in [9.17, 15) is 4.79 Å². The second kappa shape index (κ2) is 6.54. The number of nitrogens with two attached hydrogens (primary N) is 1. The highest BCUT2D eigenvalue weighted by molar-refractivity contribution is 5.99. The molecule has 5 nitrogen and oxygen atoms in total. The van der Waals surface area contributed by atoms with Crippen molar-refractivity contribution < 1.29 is 4.79 Å². The number of nitrogen functional groups attached to an aromatic ring is 1. The first-order valence-corrected chi connectivity index (χ1v) is 6.78. The molecule has 0 aromatic heterocycles. The molecule has 1 heterocycles. The van der Waals surface area contributed by atoms with E-state index in [1.165, 1.54) is 12.8 Å². The minimum atomic E-state index is -0.0767. The Kier molecular flexibility index (Phi) is 4.76. The summed E-state index contributed by atoms with van der Waals surface area (Å²) >= 11 is 0. The molecule has 0 spiro atoms. The Morgan fingerprint density at radius 2 is 2.11 bits per heavy atom. The first-order chi connectivity index (χ1) is 9.20. The largest absolute Gasteiger partial charge is 0.351 e. The van der Waals surface area contributed by atoms with E-state index in [2.05, 4.69) is 15.6 Å². The summed E-state index contributed by atoms with van der Waals surface area (Å²) in [5.41, 5.74) is 4.91. The molecule has 1 aromatic carbocycles. The van der Waals surface area contributed by atoms with E-state index >= 15 is 0 Å². The molecule has 1 aliphatic rings. The number of rotatable bonds is 5. The van der Waals surface area contributed by atoms with Gasteiger partial charge in [0.1, 0.15) is 0 Å². The predicted molar refractivity (Wildman–Crippen MR) is 77.0 cm³/mol. The summed E-state index contributed by atoms with van der Waals surface area (Å²) in [5, 5.41) is 2.94. The highest BCUT2D eigenvalue weighted by Gasteiger charge is 2.13. The van der Waals surface area contributed by atoms with Crippen molar-refractivity contribution in [2.75, 3.05) is 31.6 Å². The Labute approximate surface area is 114 Å². The summed E-state index contributed by atoms with van der Waals surface area (Å²) in [6.45, 7) is 5.86. The third kappa shape index (κ3) is 3.68. The predicted octanol–water partition coefficient (Wildman–Crippen LogP) is 1.11. The Morgan fingerprint density at radius 3 is 2.79 bits per heavy atom. The van der Waals surface area contributed by atoms with Crippen LogP contribution in [0.2, 0.25) is 0 Å². The van der Waals surface area contributed by atoms with Gasteiger partial charge >= 0.3 is 0 Å². The van der Waals surface area contributed by atoms with E-state index in [1.54, 1.807) is 6.07 Å². The molecule has 1 aromatic rings. The molecule has 0 radical (unpaired) electrons. The molecule has 1 amide bonds. The molecule has 4 N–H and O–H groups in total. The number of nitrogens with one attached hydrogen (secondary N) is 2. The summed E-state index contributed by atoms with van der Waals surface area (Å²) in [6.07, 6.45) is 2.54. The van der Waals surface area contributed by atoms with Crippen molar-refractivity contribution in [2.24, 2.45) is 5.84 Å². The molecule has 0 saturated carbocycles. The van der Waals surface area contributed by atoms with E-state index in [-0.39, 0.29) is 5.91 Å². The van der Waals surface area contributed by atoms with Gasteiger partial charge in [0.2, 0.25) is 0 Å². The van der Waals surface area contributed by atoms with Crippen LogP contribution in [0.25, 0.3) is 0 Å². The maximum absolute atomic E-state index is 12.1. The SMILES string of the molecule is Cc1ccc(C(=O)NCCN2CCCC2)c(NN)c1. The average Bonchev–Trinajstić information content (AvgIpc) is 2.91. The fourth-order valence-electron chi connectivity index (χ4n) is 2.40. The van der Waals surface area contributed by atoms with E-state index in [0.29, 0.717) is 17.8 Å². The Bertz CT molecular complexity index is 441. The molecule has 0 unspecified atom stereocenters. The lowest BCUT2D eigenvalue weighted by atomic mass is 10.1. The number of likely N-dealkylation sites (tertiary alicyclic amines) is 1. The zero-order chi connectivity index (χ0) is 13.7. The minimum absolute atomic E-state index is 0.0767. The lowest BCUT2D eigenvalue weighted by Gasteiger charge is -2.15. The van der Waals surface area contributed by atoms with Crippen LogP contribution in [0.4, 0.5) is 5.69 Å². The highest BCUT2D eigenvalue weighted by Crippen LogP contribution is 2.16. The molecule has 1 fully saturated rings. The molecule has 0 bridgehead atoms. The number of benzene rings is 1. The number of carbonyl (C=O) groups excluding carboxylic acids is 1. The molecule has 0 aliphatic carbocycles. The third-order valence-corrected chi connectivity index (χ3v) is 3.49. The van der Waals surface area contributed by atoms with Crippen LogP contribution in [0, 0.1) is 6.92 Å². The summed E-state index contributed by atoms with van der Waals surface area (Å²) in [6, 6.07) is 5.58. The topological polar surface area (TPSA) is 70.4 Å². The number of anilines is 1. The summed E-state index contributed by atoms with van der Waals surface area (Å²) in [7, 11) is 0. The van der Waals surface area contributed by atoms with Gasteiger partial charge < -0.3 is 15.6 Å². The van der Waals surface area contributed by atoms with Crippen LogP contribution in [-0.2, 0) is 0 Å². The van der Waals surface area contributed by atoms with Gasteiger partial charge in [-0.3, -0.25) is 10.6 Å². The van der Waals surface area contributed by atoms with Gasteiger partial charge in [-0.15, -0.1) is 0 Å². The van der Waals surface area contributed by atoms with Crippen molar-refractivity contribution in [3.05, 3.63) is 29.3 Å². The standard InChI is InChI=1S/C14H22N4O/c1-11-4-5-12(13(10-11)17-15)14(19)16-6-9-18-7-2-3-8-18/h4-5,10,17H,2-3,6-9,15H2,1H3,(H,16,19). The van der Waals surface area contributed by atoms with E-state index in [4.69, 9.17) is 5.84 Å². The summed E-state index contributed by atoms with van der Waals surface area (Å²) in [5.74, 6) is 5.37. The average molecular weight is 262 g/mol. The lowest BCUT2D eigenvalue weighted by molar-refractivity contribution is 0.0950. The Hall–Kier alpha value is -1.59. The number of carbonyl (C=O) groups is 1. The van der Waals surface area contributed by atoms with Gasteiger partial charge in [0, 0.05) is 13.1 Å². The van der Waals surface area contributed by atoms with Gasteiger partial charge in [-0.05, 0) is 50.6 Å². The number of aryl methyl sites for hydroxylation is 1. The van der Waals surface area contributed by atoms with Gasteiger partial charge in [-0.25, -0.2) is 0 Å². The minimum Gasteiger partial charge on any atom is -0.351 e. The van der Waals surface area contributed by atoms with Gasteiger partial charge in [0.05, 0.1) is 11.3 Å². The molecule has 2 rings (SSSR count). The first kappa shape index (κ1) is 13.8. The monoisotopic (exact) mass is 262 g/mol. The molecule has 1 saturated heterocycles.